The van der Waals surface area contributed by atoms with E-state index < -0.39 is 0 Å². The molecule has 1 aliphatic heterocycles. The minimum atomic E-state index is -0.215. The van der Waals surface area contributed by atoms with Crippen LogP contribution >= 0.6 is 11.3 Å². The summed E-state index contributed by atoms with van der Waals surface area (Å²) in [7, 11) is 0. The predicted octanol–water partition coefficient (Wildman–Crippen LogP) is 3.68. The van der Waals surface area contributed by atoms with Crippen molar-refractivity contribution in [2.45, 2.75) is 38.8 Å². The molecule has 1 fully saturated rings. The third kappa shape index (κ3) is 4.30. The van der Waals surface area contributed by atoms with Crippen molar-refractivity contribution in [2.75, 3.05) is 17.7 Å². The van der Waals surface area contributed by atoms with Crippen LogP contribution in [0.4, 0.5) is 15.3 Å². The van der Waals surface area contributed by atoms with Crippen LogP contribution in [-0.2, 0) is 6.54 Å². The number of hydrogen-bond acceptors (Lipinski definition) is 6. The predicted molar refractivity (Wildman–Crippen MR) is 97.9 cm³/mol. The maximum Gasteiger partial charge on any atom is 0.205 e. The summed E-state index contributed by atoms with van der Waals surface area (Å²) in [5, 5.41) is 6.59. The van der Waals surface area contributed by atoms with Gasteiger partial charge in [-0.3, -0.25) is 10.3 Å². The van der Waals surface area contributed by atoms with Gasteiger partial charge >= 0.3 is 0 Å². The van der Waals surface area contributed by atoms with E-state index in [-0.39, 0.29) is 5.82 Å². The molecule has 0 radical (unpaired) electrons. The van der Waals surface area contributed by atoms with E-state index in [1.807, 2.05) is 0 Å². The van der Waals surface area contributed by atoms with E-state index >= 15 is 0 Å². The van der Waals surface area contributed by atoms with Gasteiger partial charge in [0.15, 0.2) is 0 Å². The Balaban J connectivity index is 1.72. The summed E-state index contributed by atoms with van der Waals surface area (Å²) < 4.78 is 13.7. The zero-order valence-corrected chi connectivity index (χ0v) is 14.5. The fourth-order valence-electron chi connectivity index (χ4n) is 2.94. The van der Waals surface area contributed by atoms with Crippen molar-refractivity contribution in [1.82, 2.24) is 9.88 Å². The monoisotopic (exact) mass is 347 g/mol. The van der Waals surface area contributed by atoms with Gasteiger partial charge in [-0.1, -0.05) is 12.5 Å². The number of nitrogen functional groups attached to an aromatic ring is 1. The molecule has 2 heterocycles. The summed E-state index contributed by atoms with van der Waals surface area (Å²) in [4.78, 5) is 6.49. The second-order valence-corrected chi connectivity index (χ2v) is 6.96. The zero-order valence-electron chi connectivity index (χ0n) is 13.7. The number of nitrogens with one attached hydrogen (secondary N) is 1. The molecule has 3 N–H and O–H groups in total. The minimum Gasteiger partial charge on any atom is -0.383 e. The number of benzene rings is 1. The van der Waals surface area contributed by atoms with E-state index in [2.05, 4.69) is 27.3 Å². The van der Waals surface area contributed by atoms with Crippen LogP contribution in [0.15, 0.2) is 28.7 Å². The minimum absolute atomic E-state index is 0.215. The molecule has 1 aromatic heterocycles. The standard InChI is InChI=1S/C17H22FN5S/c1-12-4-2-3-7-23(12)10-14-8-15(18)6-5-13(14)9-20-22-17-21-16(19)11-24-17/h5-6,8-9,11-12H,2-4,7,10,19H2,1H3,(H,21,22). The number of nitrogens with zero attached hydrogens (tertiary/aromatic N) is 3. The largest absolute Gasteiger partial charge is 0.383 e. The molecule has 7 heteroatoms. The number of rotatable bonds is 5. The molecule has 1 aliphatic rings. The Kier molecular flexibility index (Phi) is 5.42. The Morgan fingerprint density at radius 2 is 2.38 bits per heavy atom. The van der Waals surface area contributed by atoms with Crippen LogP contribution < -0.4 is 11.2 Å². The van der Waals surface area contributed by atoms with Crippen molar-refractivity contribution in [3.63, 3.8) is 0 Å². The Labute approximate surface area is 145 Å². The number of piperidine rings is 1. The summed E-state index contributed by atoms with van der Waals surface area (Å²) in [5.74, 6) is 0.256. The molecular weight excluding hydrogens is 325 g/mol. The van der Waals surface area contributed by atoms with Gasteiger partial charge in [0.25, 0.3) is 0 Å². The average molecular weight is 347 g/mol. The summed E-state index contributed by atoms with van der Waals surface area (Å²) in [6.07, 6.45) is 5.39. The normalized spacial score (nSPS) is 19.0. The Hall–Kier alpha value is -1.99. The lowest BCUT2D eigenvalue weighted by Gasteiger charge is -2.33. The smallest absolute Gasteiger partial charge is 0.205 e. The van der Waals surface area contributed by atoms with E-state index in [4.69, 9.17) is 5.73 Å². The molecular formula is C17H22FN5S. The highest BCUT2D eigenvalue weighted by Crippen LogP contribution is 2.21. The van der Waals surface area contributed by atoms with Crippen molar-refractivity contribution >= 4 is 28.5 Å². The van der Waals surface area contributed by atoms with E-state index in [1.54, 1.807) is 23.7 Å². The van der Waals surface area contributed by atoms with E-state index in [0.29, 0.717) is 17.0 Å². The fourth-order valence-corrected chi connectivity index (χ4v) is 3.49. The highest BCUT2D eigenvalue weighted by Gasteiger charge is 2.19. The molecule has 0 spiro atoms. The molecule has 1 atom stereocenters. The first-order chi connectivity index (χ1) is 11.6. The second kappa shape index (κ2) is 7.72. The van der Waals surface area contributed by atoms with Crippen molar-refractivity contribution < 1.29 is 4.39 Å². The lowest BCUT2D eigenvalue weighted by atomic mass is 10.0. The Morgan fingerprint density at radius 3 is 3.12 bits per heavy atom. The van der Waals surface area contributed by atoms with Gasteiger partial charge < -0.3 is 5.73 Å². The van der Waals surface area contributed by atoms with Crippen LogP contribution in [-0.4, -0.2) is 28.7 Å². The van der Waals surface area contributed by atoms with Gasteiger partial charge in [0.1, 0.15) is 11.6 Å². The first kappa shape index (κ1) is 16.9. The number of hydrogen-bond donors (Lipinski definition) is 2. The van der Waals surface area contributed by atoms with Crippen LogP contribution in [0, 0.1) is 5.82 Å². The van der Waals surface area contributed by atoms with Gasteiger partial charge in [0, 0.05) is 18.0 Å². The lowest BCUT2D eigenvalue weighted by molar-refractivity contribution is 0.152. The third-order valence-electron chi connectivity index (χ3n) is 4.30. The molecule has 24 heavy (non-hydrogen) atoms. The number of halogens is 1. The highest BCUT2D eigenvalue weighted by molar-refractivity contribution is 7.14. The summed E-state index contributed by atoms with van der Waals surface area (Å²) >= 11 is 1.39. The van der Waals surface area contributed by atoms with Crippen LogP contribution in [0.1, 0.15) is 37.3 Å². The van der Waals surface area contributed by atoms with Gasteiger partial charge in [-0.15, -0.1) is 11.3 Å². The zero-order chi connectivity index (χ0) is 16.9. The van der Waals surface area contributed by atoms with Gasteiger partial charge in [-0.2, -0.15) is 5.10 Å². The highest BCUT2D eigenvalue weighted by atomic mass is 32.1. The molecule has 128 valence electrons. The summed E-state index contributed by atoms with van der Waals surface area (Å²) in [5.41, 5.74) is 10.3. The van der Waals surface area contributed by atoms with Gasteiger partial charge in [0.2, 0.25) is 5.13 Å². The van der Waals surface area contributed by atoms with E-state index in [0.717, 1.165) is 24.2 Å². The molecule has 3 rings (SSSR count). The second-order valence-electron chi connectivity index (χ2n) is 6.11. The average Bonchev–Trinajstić information content (AvgIpc) is 2.97. The quantitative estimate of drug-likeness (QED) is 0.639. The Bertz CT molecular complexity index is 715. The van der Waals surface area contributed by atoms with Crippen molar-refractivity contribution in [2.24, 2.45) is 5.10 Å². The number of aromatic nitrogens is 1. The van der Waals surface area contributed by atoms with Gasteiger partial charge in [-0.05, 0) is 49.6 Å². The number of thiazole rings is 1. The van der Waals surface area contributed by atoms with E-state index in [1.165, 1.54) is 36.7 Å². The summed E-state index contributed by atoms with van der Waals surface area (Å²) in [6.45, 7) is 4.04. The van der Waals surface area contributed by atoms with Crippen molar-refractivity contribution in [3.8, 4) is 0 Å². The SMILES string of the molecule is CC1CCCCN1Cc1cc(F)ccc1C=NNc1nc(N)cs1. The van der Waals surface area contributed by atoms with Crippen molar-refractivity contribution in [3.05, 3.63) is 40.5 Å². The van der Waals surface area contributed by atoms with Crippen molar-refractivity contribution in [1.29, 1.82) is 0 Å². The first-order valence-electron chi connectivity index (χ1n) is 8.14. The lowest BCUT2D eigenvalue weighted by Crippen LogP contribution is -2.37. The molecule has 0 saturated carbocycles. The Morgan fingerprint density at radius 1 is 1.50 bits per heavy atom. The molecule has 0 bridgehead atoms. The molecule has 2 aromatic rings. The third-order valence-corrected chi connectivity index (χ3v) is 5.07. The molecule has 0 aliphatic carbocycles. The molecule has 1 unspecified atom stereocenters. The summed E-state index contributed by atoms with van der Waals surface area (Å²) in [6, 6.07) is 5.36. The van der Waals surface area contributed by atoms with Gasteiger partial charge in [-0.25, -0.2) is 9.37 Å². The number of anilines is 2. The number of hydrazone groups is 1. The number of likely N-dealkylation sites (tertiary alicyclic amines) is 1. The number of nitrogens with two attached hydrogens (primary N) is 1. The maximum absolute atomic E-state index is 13.7. The maximum atomic E-state index is 13.7. The van der Waals surface area contributed by atoms with Crippen LogP contribution in [0.3, 0.4) is 0 Å². The van der Waals surface area contributed by atoms with Crippen LogP contribution in [0.5, 0.6) is 0 Å². The molecule has 1 aromatic carbocycles. The van der Waals surface area contributed by atoms with E-state index in [9.17, 15) is 4.39 Å². The molecule has 0 amide bonds. The van der Waals surface area contributed by atoms with Gasteiger partial charge in [0.05, 0.1) is 6.21 Å². The fraction of sp³-hybridized carbons (Fsp3) is 0.412. The van der Waals surface area contributed by atoms with Crippen LogP contribution in [0.2, 0.25) is 0 Å². The topological polar surface area (TPSA) is 66.5 Å². The van der Waals surface area contributed by atoms with Crippen LogP contribution in [0.25, 0.3) is 0 Å². The molecule has 1 saturated heterocycles. The first-order valence-corrected chi connectivity index (χ1v) is 9.02. The molecule has 5 nitrogen and oxygen atoms in total.